The molecule has 0 bridgehead atoms. The summed E-state index contributed by atoms with van der Waals surface area (Å²) in [6.45, 7) is 2.72. The van der Waals surface area contributed by atoms with Gasteiger partial charge in [0.2, 0.25) is 0 Å². The fourth-order valence-electron chi connectivity index (χ4n) is 5.46. The molecule has 2 aromatic rings. The number of ether oxygens (including phenoxy) is 1. The zero-order valence-electron chi connectivity index (χ0n) is 24.0. The number of hydrogen-bond donors (Lipinski definition) is 3. The molecule has 0 saturated carbocycles. The lowest BCUT2D eigenvalue weighted by atomic mass is 9.86. The first-order valence-electron chi connectivity index (χ1n) is 13.8. The molecule has 0 spiro atoms. The van der Waals surface area contributed by atoms with E-state index in [1.807, 2.05) is 0 Å². The maximum atomic E-state index is 15.6. The molecule has 16 heteroatoms. The molecule has 2 saturated heterocycles. The Morgan fingerprint density at radius 1 is 1.36 bits per heavy atom. The van der Waals surface area contributed by atoms with Crippen LogP contribution in [0.3, 0.4) is 0 Å². The SMILES string of the molecule is CCOC(=O)C1=C(CN2CC(F)(F)[C@@H]3[C@H]2CON3C[C@H](O)C(C)(C)C(=O)O)NC(c2nccs2)=N[C@H]1c1ccc(F)cc1Cl. The first-order chi connectivity index (χ1) is 20.7. The molecular formula is C28H31ClF3N5O6S. The van der Waals surface area contributed by atoms with Crippen LogP contribution >= 0.6 is 22.9 Å². The Balaban J connectivity index is 1.51. The number of halogens is 4. The number of fused-ring (bicyclic) bond motifs is 1. The molecule has 2 fully saturated rings. The van der Waals surface area contributed by atoms with Crippen LogP contribution in [0.4, 0.5) is 13.2 Å². The molecule has 3 aliphatic heterocycles. The molecule has 44 heavy (non-hydrogen) atoms. The maximum Gasteiger partial charge on any atom is 0.338 e. The number of nitrogens with one attached hydrogen (secondary N) is 1. The summed E-state index contributed by atoms with van der Waals surface area (Å²) < 4.78 is 50.5. The highest BCUT2D eigenvalue weighted by molar-refractivity contribution is 7.11. The van der Waals surface area contributed by atoms with E-state index in [1.165, 1.54) is 42.2 Å². The average molecular weight is 658 g/mol. The number of aliphatic carboxylic acids is 1. The van der Waals surface area contributed by atoms with Gasteiger partial charge in [-0.15, -0.1) is 11.3 Å². The van der Waals surface area contributed by atoms with Gasteiger partial charge in [-0.2, -0.15) is 5.06 Å². The summed E-state index contributed by atoms with van der Waals surface area (Å²) in [7, 11) is 0. The molecule has 11 nitrogen and oxygen atoms in total. The number of rotatable bonds is 10. The molecule has 0 radical (unpaired) electrons. The Morgan fingerprint density at radius 3 is 2.75 bits per heavy atom. The van der Waals surface area contributed by atoms with E-state index < -0.39 is 66.4 Å². The van der Waals surface area contributed by atoms with Crippen LogP contribution in [0.2, 0.25) is 5.02 Å². The highest BCUT2D eigenvalue weighted by atomic mass is 35.5. The van der Waals surface area contributed by atoms with Crippen LogP contribution in [0.25, 0.3) is 0 Å². The van der Waals surface area contributed by atoms with E-state index in [4.69, 9.17) is 21.2 Å². The number of nitrogens with zero attached hydrogens (tertiary/aromatic N) is 4. The highest BCUT2D eigenvalue weighted by Crippen LogP contribution is 2.42. The van der Waals surface area contributed by atoms with Gasteiger partial charge in [0.05, 0.1) is 49.4 Å². The Morgan fingerprint density at radius 2 is 2.11 bits per heavy atom. The van der Waals surface area contributed by atoms with Gasteiger partial charge in [-0.05, 0) is 32.9 Å². The van der Waals surface area contributed by atoms with E-state index in [0.29, 0.717) is 10.6 Å². The van der Waals surface area contributed by atoms with E-state index in [0.717, 1.165) is 11.1 Å². The van der Waals surface area contributed by atoms with Gasteiger partial charge in [0.25, 0.3) is 5.92 Å². The quantitative estimate of drug-likeness (QED) is 0.327. The molecule has 1 aromatic heterocycles. The number of carbonyl (C=O) groups is 2. The second-order valence-electron chi connectivity index (χ2n) is 11.2. The molecule has 4 atom stereocenters. The van der Waals surface area contributed by atoms with Gasteiger partial charge in [-0.1, -0.05) is 17.7 Å². The summed E-state index contributed by atoms with van der Waals surface area (Å²) in [6, 6.07) is 0.238. The number of carboxylic acids is 1. The Bertz CT molecular complexity index is 1490. The summed E-state index contributed by atoms with van der Waals surface area (Å²) in [6.07, 6.45) is 0.0600. The fourth-order valence-corrected chi connectivity index (χ4v) is 6.32. The van der Waals surface area contributed by atoms with E-state index in [1.54, 1.807) is 18.5 Å². The smallest absolute Gasteiger partial charge is 0.338 e. The number of aromatic nitrogens is 1. The summed E-state index contributed by atoms with van der Waals surface area (Å²) in [5.41, 5.74) is -1.07. The number of carbonyl (C=O) groups excluding carboxylic acids is 1. The van der Waals surface area contributed by atoms with Crippen molar-refractivity contribution in [2.45, 2.75) is 50.9 Å². The lowest BCUT2D eigenvalue weighted by Crippen LogP contribution is -2.51. The highest BCUT2D eigenvalue weighted by Gasteiger charge is 2.61. The van der Waals surface area contributed by atoms with Crippen molar-refractivity contribution in [2.24, 2.45) is 10.4 Å². The number of hydrogen-bond acceptors (Lipinski definition) is 11. The van der Waals surface area contributed by atoms with E-state index >= 15 is 8.78 Å². The standard InChI is InChI=1S/C28H31ClF3N5O6S/c1-4-42-25(39)20-17(34-23(24-33-7-8-44-24)35-21(20)15-6-5-14(30)9-16(15)29)10-36-13-28(31,32)22-18(36)12-43-37(22)11-19(38)27(2,3)26(40)41/h5-9,18-19,21-22,38H,4,10-13H2,1-3H3,(H,34,35)(H,40,41)/t18-,19+,21+,22+/m1/s1. The summed E-state index contributed by atoms with van der Waals surface area (Å²) in [5.74, 6) is -5.69. The van der Waals surface area contributed by atoms with Crippen molar-refractivity contribution in [1.82, 2.24) is 20.3 Å². The van der Waals surface area contributed by atoms with Gasteiger partial charge < -0.3 is 20.3 Å². The van der Waals surface area contributed by atoms with Crippen LogP contribution in [-0.2, 0) is 19.2 Å². The van der Waals surface area contributed by atoms with Crippen LogP contribution in [0.15, 0.2) is 46.0 Å². The van der Waals surface area contributed by atoms with Crippen molar-refractivity contribution in [3.8, 4) is 0 Å². The van der Waals surface area contributed by atoms with Crippen molar-refractivity contribution in [1.29, 1.82) is 0 Å². The number of aliphatic imine (C=N–C) groups is 1. The number of esters is 1. The Labute approximate surface area is 259 Å². The fraction of sp³-hybridized carbons (Fsp3) is 0.500. The first-order valence-corrected chi connectivity index (χ1v) is 15.0. The largest absolute Gasteiger partial charge is 0.481 e. The molecule has 0 aliphatic carbocycles. The number of benzene rings is 1. The van der Waals surface area contributed by atoms with Crippen molar-refractivity contribution >= 4 is 40.7 Å². The Kier molecular flexibility index (Phi) is 9.08. The summed E-state index contributed by atoms with van der Waals surface area (Å²) in [5, 5.41) is 26.3. The minimum Gasteiger partial charge on any atom is -0.481 e. The number of carboxylic acid groups (broad SMARTS) is 1. The molecule has 1 aromatic carbocycles. The third-order valence-corrected chi connectivity index (χ3v) is 9.12. The molecule has 238 valence electrons. The van der Waals surface area contributed by atoms with Gasteiger partial charge in [-0.3, -0.25) is 19.5 Å². The molecule has 5 rings (SSSR count). The number of alkyl halides is 2. The molecule has 4 heterocycles. The van der Waals surface area contributed by atoms with Crippen LogP contribution in [0, 0.1) is 11.2 Å². The predicted octanol–water partition coefficient (Wildman–Crippen LogP) is 3.25. The van der Waals surface area contributed by atoms with Crippen molar-refractivity contribution < 1.29 is 42.5 Å². The number of aliphatic hydroxyl groups is 1. The van der Waals surface area contributed by atoms with Crippen molar-refractivity contribution in [2.75, 3.05) is 32.8 Å². The van der Waals surface area contributed by atoms with Crippen LogP contribution in [0.1, 0.15) is 37.4 Å². The van der Waals surface area contributed by atoms with Gasteiger partial charge >= 0.3 is 11.9 Å². The number of β-amino-alcohol motifs (C(OH)–C–C–N with tert-alkyl or cyclic N) is 1. The number of aliphatic hydroxyl groups excluding tert-OH is 1. The number of hydroxylamine groups is 2. The van der Waals surface area contributed by atoms with Crippen LogP contribution in [0.5, 0.6) is 0 Å². The summed E-state index contributed by atoms with van der Waals surface area (Å²) >= 11 is 7.67. The van der Waals surface area contributed by atoms with Gasteiger partial charge in [-0.25, -0.2) is 22.9 Å². The topological polar surface area (TPSA) is 137 Å². The van der Waals surface area contributed by atoms with E-state index in [9.17, 15) is 24.2 Å². The predicted molar refractivity (Wildman–Crippen MR) is 154 cm³/mol. The van der Waals surface area contributed by atoms with Gasteiger partial charge in [0.1, 0.15) is 17.9 Å². The van der Waals surface area contributed by atoms with Gasteiger partial charge in [0, 0.05) is 34.4 Å². The third kappa shape index (κ3) is 6.08. The number of thiazole rings is 1. The molecule has 3 aliphatic rings. The van der Waals surface area contributed by atoms with E-state index in [2.05, 4.69) is 15.3 Å². The molecular weight excluding hydrogens is 627 g/mol. The monoisotopic (exact) mass is 657 g/mol. The van der Waals surface area contributed by atoms with Crippen molar-refractivity contribution in [3.63, 3.8) is 0 Å². The normalized spacial score (nSPS) is 24.5. The minimum absolute atomic E-state index is 0.00994. The molecule has 3 N–H and O–H groups in total. The van der Waals surface area contributed by atoms with Crippen molar-refractivity contribution in [3.05, 3.63) is 62.5 Å². The van der Waals surface area contributed by atoms with E-state index in [-0.39, 0.29) is 41.9 Å². The second-order valence-corrected chi connectivity index (χ2v) is 12.5. The minimum atomic E-state index is -3.32. The van der Waals surface area contributed by atoms with Gasteiger partial charge in [0.15, 0.2) is 10.8 Å². The molecule has 0 unspecified atom stereocenters. The lowest BCUT2D eigenvalue weighted by Gasteiger charge is -2.32. The van der Waals surface area contributed by atoms with Crippen LogP contribution < -0.4 is 5.32 Å². The average Bonchev–Trinajstić information content (AvgIpc) is 3.68. The number of amidine groups is 1. The lowest BCUT2D eigenvalue weighted by molar-refractivity contribution is -0.202. The summed E-state index contributed by atoms with van der Waals surface area (Å²) in [4.78, 5) is 41.0. The second kappa shape index (κ2) is 12.4. The number of likely N-dealkylation sites (tertiary alicyclic amines) is 1. The Hall–Kier alpha value is -3.08. The van der Waals surface area contributed by atoms with Crippen LogP contribution in [-0.4, -0.2) is 99.9 Å². The zero-order chi connectivity index (χ0) is 32.0. The third-order valence-electron chi connectivity index (χ3n) is 8.01. The first kappa shape index (κ1) is 32.3. The molecule has 0 amide bonds. The zero-order valence-corrected chi connectivity index (χ0v) is 25.5. The maximum absolute atomic E-state index is 15.6.